The number of ether oxygens (including phenoxy) is 1. The van der Waals surface area contributed by atoms with Crippen LogP contribution in [0.15, 0.2) is 24.3 Å². The van der Waals surface area contributed by atoms with Crippen molar-refractivity contribution in [2.75, 3.05) is 26.8 Å². The van der Waals surface area contributed by atoms with Crippen LogP contribution in [0.4, 0.5) is 4.39 Å². The lowest BCUT2D eigenvalue weighted by Crippen LogP contribution is -2.25. The third kappa shape index (κ3) is 7.01. The molecule has 1 unspecified atom stereocenters. The topological polar surface area (TPSA) is 21.3 Å². The van der Waals surface area contributed by atoms with Crippen LogP contribution in [-0.2, 0) is 4.74 Å². The summed E-state index contributed by atoms with van der Waals surface area (Å²) in [7, 11) is 1.70. The van der Waals surface area contributed by atoms with Crippen LogP contribution in [0.25, 0.3) is 0 Å². The van der Waals surface area contributed by atoms with Gasteiger partial charge in [-0.2, -0.15) is 0 Å². The monoisotopic (exact) mass is 281 g/mol. The van der Waals surface area contributed by atoms with Crippen LogP contribution in [0.3, 0.4) is 0 Å². The summed E-state index contributed by atoms with van der Waals surface area (Å²) in [6, 6.07) is 7.02. The fraction of sp³-hybridized carbons (Fsp3) is 0.647. The zero-order valence-corrected chi connectivity index (χ0v) is 12.8. The van der Waals surface area contributed by atoms with Gasteiger partial charge in [-0.1, -0.05) is 44.7 Å². The van der Waals surface area contributed by atoms with E-state index in [4.69, 9.17) is 4.74 Å². The van der Waals surface area contributed by atoms with E-state index in [1.807, 2.05) is 6.07 Å². The zero-order valence-electron chi connectivity index (χ0n) is 12.8. The van der Waals surface area contributed by atoms with E-state index in [0.29, 0.717) is 12.5 Å². The molecule has 0 aliphatic rings. The first-order valence-corrected chi connectivity index (χ1v) is 7.73. The molecule has 0 saturated carbocycles. The second kappa shape index (κ2) is 10.8. The summed E-state index contributed by atoms with van der Waals surface area (Å²) >= 11 is 0. The van der Waals surface area contributed by atoms with Crippen LogP contribution in [-0.4, -0.2) is 26.8 Å². The van der Waals surface area contributed by atoms with Gasteiger partial charge in [0.15, 0.2) is 0 Å². The smallest absolute Gasteiger partial charge is 0.123 e. The summed E-state index contributed by atoms with van der Waals surface area (Å²) in [6.07, 6.45) is 6.12. The number of nitrogens with one attached hydrogen (secondary N) is 1. The van der Waals surface area contributed by atoms with Crippen molar-refractivity contribution in [1.29, 1.82) is 0 Å². The van der Waals surface area contributed by atoms with Gasteiger partial charge in [0.1, 0.15) is 5.82 Å². The zero-order chi connectivity index (χ0) is 14.6. The van der Waals surface area contributed by atoms with Crippen molar-refractivity contribution in [3.63, 3.8) is 0 Å². The van der Waals surface area contributed by atoms with Crippen molar-refractivity contribution < 1.29 is 9.13 Å². The Kier molecular flexibility index (Phi) is 9.25. The van der Waals surface area contributed by atoms with E-state index < -0.39 is 0 Å². The molecule has 1 rings (SSSR count). The van der Waals surface area contributed by atoms with Gasteiger partial charge in [0.2, 0.25) is 0 Å². The van der Waals surface area contributed by atoms with Crippen molar-refractivity contribution in [2.24, 2.45) is 0 Å². The van der Waals surface area contributed by atoms with Crippen molar-refractivity contribution >= 4 is 0 Å². The molecule has 20 heavy (non-hydrogen) atoms. The van der Waals surface area contributed by atoms with E-state index in [2.05, 4.69) is 12.2 Å². The van der Waals surface area contributed by atoms with E-state index in [1.165, 1.54) is 31.7 Å². The van der Waals surface area contributed by atoms with Crippen LogP contribution < -0.4 is 5.32 Å². The molecule has 0 heterocycles. The largest absolute Gasteiger partial charge is 0.383 e. The average Bonchev–Trinajstić information content (AvgIpc) is 2.45. The number of hydrogen-bond donors (Lipinski definition) is 1. The normalized spacial score (nSPS) is 12.6. The first-order valence-electron chi connectivity index (χ1n) is 7.73. The minimum Gasteiger partial charge on any atom is -0.383 e. The molecular formula is C17H28FNO. The Morgan fingerprint density at radius 1 is 1.25 bits per heavy atom. The summed E-state index contributed by atoms with van der Waals surface area (Å²) in [4.78, 5) is 0. The first-order chi connectivity index (χ1) is 9.77. The lowest BCUT2D eigenvalue weighted by atomic mass is 9.93. The Balaban J connectivity index is 2.49. The summed E-state index contributed by atoms with van der Waals surface area (Å²) in [6.45, 7) is 4.66. The molecule has 114 valence electrons. The fourth-order valence-electron chi connectivity index (χ4n) is 2.42. The number of benzene rings is 1. The molecule has 1 aromatic carbocycles. The van der Waals surface area contributed by atoms with E-state index in [1.54, 1.807) is 19.2 Å². The predicted octanol–water partition coefficient (Wildman–Crippen LogP) is 4.12. The Labute approximate surface area is 122 Å². The maximum absolute atomic E-state index is 13.4. The Morgan fingerprint density at radius 3 is 2.80 bits per heavy atom. The maximum atomic E-state index is 13.4. The Morgan fingerprint density at radius 2 is 2.10 bits per heavy atom. The standard InChI is InChI=1S/C17H28FNO/c1-3-4-5-6-8-16(14-19-11-12-20-2)15-9-7-10-17(18)13-15/h7,9-10,13,16,19H,3-6,8,11-12,14H2,1-2H3. The van der Waals surface area contributed by atoms with Crippen molar-refractivity contribution in [2.45, 2.75) is 44.9 Å². The van der Waals surface area contributed by atoms with Crippen molar-refractivity contribution in [1.82, 2.24) is 5.32 Å². The molecule has 2 nitrogen and oxygen atoms in total. The Bertz CT molecular complexity index is 345. The third-order valence-electron chi connectivity index (χ3n) is 3.60. The minimum absolute atomic E-state index is 0.141. The molecule has 1 N–H and O–H groups in total. The van der Waals surface area contributed by atoms with Gasteiger partial charge in [0.05, 0.1) is 6.61 Å². The van der Waals surface area contributed by atoms with E-state index in [-0.39, 0.29) is 5.82 Å². The lowest BCUT2D eigenvalue weighted by molar-refractivity contribution is 0.198. The molecule has 0 aliphatic carbocycles. The van der Waals surface area contributed by atoms with E-state index in [9.17, 15) is 4.39 Å². The van der Waals surface area contributed by atoms with Gasteiger partial charge in [-0.25, -0.2) is 4.39 Å². The highest BCUT2D eigenvalue weighted by molar-refractivity contribution is 5.21. The van der Waals surface area contributed by atoms with Crippen LogP contribution in [0.5, 0.6) is 0 Å². The summed E-state index contributed by atoms with van der Waals surface area (Å²) in [5.74, 6) is 0.248. The first kappa shape index (κ1) is 17.1. The highest BCUT2D eigenvalue weighted by Crippen LogP contribution is 2.22. The van der Waals surface area contributed by atoms with E-state index >= 15 is 0 Å². The molecule has 1 aromatic rings. The average molecular weight is 281 g/mol. The molecule has 1 atom stereocenters. The van der Waals surface area contributed by atoms with Gasteiger partial charge in [-0.3, -0.25) is 0 Å². The van der Waals surface area contributed by atoms with E-state index in [0.717, 1.165) is 25.1 Å². The van der Waals surface area contributed by atoms with Gasteiger partial charge >= 0.3 is 0 Å². The number of hydrogen-bond acceptors (Lipinski definition) is 2. The third-order valence-corrected chi connectivity index (χ3v) is 3.60. The number of rotatable bonds is 11. The molecule has 0 aromatic heterocycles. The fourth-order valence-corrected chi connectivity index (χ4v) is 2.42. The second-order valence-corrected chi connectivity index (χ2v) is 5.30. The van der Waals surface area contributed by atoms with Gasteiger partial charge in [0.25, 0.3) is 0 Å². The number of unbranched alkanes of at least 4 members (excludes halogenated alkanes) is 3. The van der Waals surface area contributed by atoms with Crippen LogP contribution >= 0.6 is 0 Å². The van der Waals surface area contributed by atoms with Crippen LogP contribution in [0, 0.1) is 5.82 Å². The van der Waals surface area contributed by atoms with Gasteiger partial charge in [-0.15, -0.1) is 0 Å². The molecule has 0 spiro atoms. The number of halogens is 1. The molecule has 0 radical (unpaired) electrons. The molecule has 0 fully saturated rings. The molecule has 3 heteroatoms. The van der Waals surface area contributed by atoms with Crippen LogP contribution in [0.1, 0.15) is 50.5 Å². The lowest BCUT2D eigenvalue weighted by Gasteiger charge is -2.18. The predicted molar refractivity (Wildman–Crippen MR) is 82.6 cm³/mol. The van der Waals surface area contributed by atoms with Crippen molar-refractivity contribution in [3.05, 3.63) is 35.6 Å². The SMILES string of the molecule is CCCCCCC(CNCCOC)c1cccc(F)c1. The molecule has 0 amide bonds. The van der Waals surface area contributed by atoms with Crippen molar-refractivity contribution in [3.8, 4) is 0 Å². The minimum atomic E-state index is -0.141. The second-order valence-electron chi connectivity index (χ2n) is 5.30. The molecular weight excluding hydrogens is 253 g/mol. The quantitative estimate of drug-likeness (QED) is 0.616. The summed E-state index contributed by atoms with van der Waals surface area (Å²) in [5.41, 5.74) is 1.10. The molecule has 0 aliphatic heterocycles. The summed E-state index contributed by atoms with van der Waals surface area (Å²) < 4.78 is 18.4. The summed E-state index contributed by atoms with van der Waals surface area (Å²) in [5, 5.41) is 3.40. The Hall–Kier alpha value is -0.930. The van der Waals surface area contributed by atoms with Gasteiger partial charge in [0, 0.05) is 20.2 Å². The molecule has 0 saturated heterocycles. The molecule has 0 bridgehead atoms. The van der Waals surface area contributed by atoms with Gasteiger partial charge in [-0.05, 0) is 30.0 Å². The van der Waals surface area contributed by atoms with Gasteiger partial charge < -0.3 is 10.1 Å². The highest BCUT2D eigenvalue weighted by Gasteiger charge is 2.11. The maximum Gasteiger partial charge on any atom is 0.123 e. The van der Waals surface area contributed by atoms with Crippen LogP contribution in [0.2, 0.25) is 0 Å². The highest BCUT2D eigenvalue weighted by atomic mass is 19.1. The number of methoxy groups -OCH3 is 1.